The zero-order chi connectivity index (χ0) is 13.3. The summed E-state index contributed by atoms with van der Waals surface area (Å²) in [5.41, 5.74) is 0.00838. The number of nitrogens with one attached hydrogen (secondary N) is 1. The van der Waals surface area contributed by atoms with Crippen LogP contribution >= 0.6 is 11.8 Å². The second-order valence-electron chi connectivity index (χ2n) is 5.55. The van der Waals surface area contributed by atoms with Crippen LogP contribution in [-0.4, -0.2) is 39.2 Å². The molecule has 1 aromatic heterocycles. The Kier molecular flexibility index (Phi) is 3.58. The Balaban J connectivity index is 1.60. The number of nitrogens with zero attached hydrogens (tertiary/aromatic N) is 1. The summed E-state index contributed by atoms with van der Waals surface area (Å²) in [5.74, 6) is 1.89. The maximum Gasteiger partial charge on any atom is 0.268 e. The summed E-state index contributed by atoms with van der Waals surface area (Å²) >= 11 is 1.87. The van der Waals surface area contributed by atoms with Crippen molar-refractivity contribution in [2.75, 3.05) is 18.1 Å². The van der Waals surface area contributed by atoms with Crippen molar-refractivity contribution in [3.8, 4) is 0 Å². The van der Waals surface area contributed by atoms with E-state index in [9.17, 15) is 9.90 Å². The molecule has 1 saturated heterocycles. The Labute approximate surface area is 117 Å². The third kappa shape index (κ3) is 2.98. The molecule has 0 radical (unpaired) electrons. The number of hydrogen-bond acceptors (Lipinski definition) is 3. The number of aliphatic hydroxyl groups is 1. The first-order valence-corrected chi connectivity index (χ1v) is 8.09. The summed E-state index contributed by atoms with van der Waals surface area (Å²) in [6, 6.07) is 4.28. The summed E-state index contributed by atoms with van der Waals surface area (Å²) in [6.45, 7) is 0.363. The Morgan fingerprint density at radius 1 is 1.47 bits per heavy atom. The highest BCUT2D eigenvalue weighted by molar-refractivity contribution is 7.99. The second-order valence-corrected chi connectivity index (χ2v) is 6.78. The highest BCUT2D eigenvalue weighted by atomic mass is 32.2. The normalized spacial score (nSPS) is 22.2. The predicted octanol–water partition coefficient (Wildman–Crippen LogP) is 1.81. The van der Waals surface area contributed by atoms with Crippen LogP contribution in [0.2, 0.25) is 0 Å². The Hall–Kier alpha value is -0.940. The molecule has 4 nitrogen and oxygen atoms in total. The van der Waals surface area contributed by atoms with Crippen LogP contribution in [0.3, 0.4) is 0 Å². The average Bonchev–Trinajstić information content (AvgIpc) is 3.14. The number of carbonyl (C=O) groups is 1. The number of aromatic nitrogens is 1. The van der Waals surface area contributed by atoms with Gasteiger partial charge < -0.3 is 15.0 Å². The largest absolute Gasteiger partial charge is 0.388 e. The first-order valence-electron chi connectivity index (χ1n) is 6.93. The molecule has 0 aromatic carbocycles. The van der Waals surface area contributed by atoms with Gasteiger partial charge in [0.15, 0.2) is 0 Å². The molecular formula is C14H20N2O2S. The van der Waals surface area contributed by atoms with Crippen molar-refractivity contribution >= 4 is 17.7 Å². The van der Waals surface area contributed by atoms with Gasteiger partial charge in [0.25, 0.3) is 5.91 Å². The number of carbonyl (C=O) groups excluding carboxylic acids is 1. The fraction of sp³-hybridized carbons (Fsp3) is 0.643. The lowest BCUT2D eigenvalue weighted by atomic mass is 9.97. The number of rotatable bonds is 4. The van der Waals surface area contributed by atoms with Crippen molar-refractivity contribution in [3.05, 3.63) is 24.0 Å². The molecule has 104 valence electrons. The van der Waals surface area contributed by atoms with E-state index in [1.54, 1.807) is 0 Å². The van der Waals surface area contributed by atoms with Gasteiger partial charge in [-0.3, -0.25) is 4.79 Å². The lowest BCUT2D eigenvalue weighted by Crippen LogP contribution is -2.45. The SMILES string of the molecule is O=C(NCC1(O)CCSCC1)c1cccn1C1CC1. The molecule has 2 heterocycles. The zero-order valence-corrected chi connectivity index (χ0v) is 11.8. The van der Waals surface area contributed by atoms with E-state index in [0.717, 1.165) is 42.9 Å². The summed E-state index contributed by atoms with van der Waals surface area (Å²) < 4.78 is 2.05. The molecule has 0 atom stereocenters. The van der Waals surface area contributed by atoms with Crippen LogP contribution < -0.4 is 5.32 Å². The topological polar surface area (TPSA) is 54.3 Å². The first kappa shape index (κ1) is 13.1. The third-order valence-electron chi connectivity index (χ3n) is 3.95. The molecule has 1 saturated carbocycles. The molecule has 2 aliphatic rings. The van der Waals surface area contributed by atoms with Crippen molar-refractivity contribution in [2.45, 2.75) is 37.3 Å². The maximum atomic E-state index is 12.2. The lowest BCUT2D eigenvalue weighted by Gasteiger charge is -2.31. The van der Waals surface area contributed by atoms with E-state index in [0.29, 0.717) is 12.6 Å². The van der Waals surface area contributed by atoms with Gasteiger partial charge in [0.1, 0.15) is 5.69 Å². The Morgan fingerprint density at radius 2 is 2.21 bits per heavy atom. The summed E-state index contributed by atoms with van der Waals surface area (Å²) in [6.07, 6.45) is 5.83. The van der Waals surface area contributed by atoms with Crippen LogP contribution in [0.25, 0.3) is 0 Å². The Bertz CT molecular complexity index is 462. The fourth-order valence-electron chi connectivity index (χ4n) is 2.52. The van der Waals surface area contributed by atoms with Gasteiger partial charge in [-0.15, -0.1) is 0 Å². The zero-order valence-electron chi connectivity index (χ0n) is 11.0. The highest BCUT2D eigenvalue weighted by Gasteiger charge is 2.31. The molecule has 5 heteroatoms. The minimum Gasteiger partial charge on any atom is -0.388 e. The fourth-order valence-corrected chi connectivity index (χ4v) is 3.77. The molecular weight excluding hydrogens is 260 g/mol. The summed E-state index contributed by atoms with van der Waals surface area (Å²) in [7, 11) is 0. The number of thioether (sulfide) groups is 1. The van der Waals surface area contributed by atoms with Gasteiger partial charge in [-0.2, -0.15) is 11.8 Å². The van der Waals surface area contributed by atoms with Gasteiger partial charge in [0.2, 0.25) is 0 Å². The van der Waals surface area contributed by atoms with Crippen molar-refractivity contribution in [3.63, 3.8) is 0 Å². The molecule has 1 aliphatic carbocycles. The van der Waals surface area contributed by atoms with Crippen LogP contribution in [0, 0.1) is 0 Å². The first-order chi connectivity index (χ1) is 9.18. The summed E-state index contributed by atoms with van der Waals surface area (Å²) in [4.78, 5) is 12.2. The van der Waals surface area contributed by atoms with Crippen LogP contribution in [0.5, 0.6) is 0 Å². The molecule has 19 heavy (non-hydrogen) atoms. The molecule has 1 amide bonds. The van der Waals surface area contributed by atoms with E-state index in [2.05, 4.69) is 9.88 Å². The minimum absolute atomic E-state index is 0.0662. The van der Waals surface area contributed by atoms with Gasteiger partial charge in [-0.25, -0.2) is 0 Å². The smallest absolute Gasteiger partial charge is 0.268 e. The van der Waals surface area contributed by atoms with Crippen LogP contribution in [-0.2, 0) is 0 Å². The third-order valence-corrected chi connectivity index (χ3v) is 4.94. The molecule has 2 N–H and O–H groups in total. The van der Waals surface area contributed by atoms with Crippen molar-refractivity contribution < 1.29 is 9.90 Å². The lowest BCUT2D eigenvalue weighted by molar-refractivity contribution is 0.0310. The van der Waals surface area contributed by atoms with Crippen LogP contribution in [0.4, 0.5) is 0 Å². The average molecular weight is 280 g/mol. The molecule has 0 bridgehead atoms. The van der Waals surface area contributed by atoms with E-state index >= 15 is 0 Å². The van der Waals surface area contributed by atoms with Crippen LogP contribution in [0.15, 0.2) is 18.3 Å². The van der Waals surface area contributed by atoms with Crippen molar-refractivity contribution in [1.29, 1.82) is 0 Å². The molecule has 1 aliphatic heterocycles. The van der Waals surface area contributed by atoms with E-state index in [4.69, 9.17) is 0 Å². The van der Waals surface area contributed by atoms with Gasteiger partial charge in [-0.05, 0) is 49.3 Å². The van der Waals surface area contributed by atoms with Gasteiger partial charge in [0, 0.05) is 18.8 Å². The molecule has 0 spiro atoms. The minimum atomic E-state index is -0.710. The number of hydrogen-bond donors (Lipinski definition) is 2. The van der Waals surface area contributed by atoms with Crippen molar-refractivity contribution in [1.82, 2.24) is 9.88 Å². The molecule has 1 aromatic rings. The maximum absolute atomic E-state index is 12.2. The van der Waals surface area contributed by atoms with E-state index in [-0.39, 0.29) is 5.91 Å². The van der Waals surface area contributed by atoms with E-state index in [1.807, 2.05) is 30.1 Å². The standard InChI is InChI=1S/C14H20N2O2S/c17-13(12-2-1-7-16(12)11-3-4-11)15-10-14(18)5-8-19-9-6-14/h1-2,7,11,18H,3-6,8-10H2,(H,15,17). The van der Waals surface area contributed by atoms with Gasteiger partial charge in [-0.1, -0.05) is 0 Å². The quantitative estimate of drug-likeness (QED) is 0.884. The van der Waals surface area contributed by atoms with Gasteiger partial charge in [0.05, 0.1) is 5.60 Å². The molecule has 2 fully saturated rings. The molecule has 3 rings (SSSR count). The van der Waals surface area contributed by atoms with E-state index in [1.165, 1.54) is 0 Å². The summed E-state index contributed by atoms with van der Waals surface area (Å²) in [5, 5.41) is 13.3. The predicted molar refractivity (Wildman–Crippen MR) is 76.5 cm³/mol. The van der Waals surface area contributed by atoms with Crippen molar-refractivity contribution in [2.24, 2.45) is 0 Å². The highest BCUT2D eigenvalue weighted by Crippen LogP contribution is 2.36. The molecule has 0 unspecified atom stereocenters. The Morgan fingerprint density at radius 3 is 2.89 bits per heavy atom. The number of amides is 1. The monoisotopic (exact) mass is 280 g/mol. The van der Waals surface area contributed by atoms with Crippen LogP contribution in [0.1, 0.15) is 42.2 Å². The van der Waals surface area contributed by atoms with E-state index < -0.39 is 5.60 Å². The second kappa shape index (κ2) is 5.21. The van der Waals surface area contributed by atoms with Gasteiger partial charge >= 0.3 is 0 Å².